The number of unbranched alkanes of at least 4 members (excludes halogenated alkanes) is 2. The Bertz CT molecular complexity index is 1080. The Morgan fingerprint density at radius 1 is 1.10 bits per heavy atom. The maximum atomic E-state index is 11.9. The topological polar surface area (TPSA) is 128 Å². The summed E-state index contributed by atoms with van der Waals surface area (Å²) in [6.07, 6.45) is 7.98. The van der Waals surface area contributed by atoms with Gasteiger partial charge in [0.2, 0.25) is 5.91 Å². The van der Waals surface area contributed by atoms with E-state index >= 15 is 0 Å². The largest absolute Gasteiger partial charge is 0.356 e. The first-order valence-corrected chi connectivity index (χ1v) is 9.91. The molecule has 158 valence electrons. The highest BCUT2D eigenvalue weighted by Crippen LogP contribution is 2.13. The number of rotatable bonds is 10. The van der Waals surface area contributed by atoms with Crippen LogP contribution < -0.4 is 16.6 Å². The maximum Gasteiger partial charge on any atom is 0.328 e. The fourth-order valence-corrected chi connectivity index (χ4v) is 2.88. The van der Waals surface area contributed by atoms with Gasteiger partial charge in [-0.15, -0.1) is 5.10 Å². The second kappa shape index (κ2) is 10.3. The van der Waals surface area contributed by atoms with Crippen LogP contribution in [0.25, 0.3) is 11.4 Å². The summed E-state index contributed by atoms with van der Waals surface area (Å²) >= 11 is 0. The van der Waals surface area contributed by atoms with Crippen molar-refractivity contribution in [1.82, 2.24) is 34.8 Å². The number of H-pyrrole nitrogens is 1. The third kappa shape index (κ3) is 6.23. The molecule has 0 fully saturated rings. The van der Waals surface area contributed by atoms with Gasteiger partial charge in [-0.05, 0) is 37.8 Å². The van der Waals surface area contributed by atoms with Crippen molar-refractivity contribution >= 4 is 5.91 Å². The standard InChI is InChI=1S/C20H25N7O3/c1-15-5-6-16(22-13-15)17-14-27(25-24-17)10-4-2-3-9-21-18(28)7-11-26-12-8-19(29)23-20(26)30/h5-6,8,12-14H,2-4,7,9-11H2,1H3,(H,21,28)(H,23,29,30). The monoisotopic (exact) mass is 411 g/mol. The van der Waals surface area contributed by atoms with E-state index in [0.29, 0.717) is 6.54 Å². The van der Waals surface area contributed by atoms with Gasteiger partial charge in [0.25, 0.3) is 5.56 Å². The average Bonchev–Trinajstić information content (AvgIpc) is 3.19. The molecule has 0 radical (unpaired) electrons. The fraction of sp³-hybridized carbons (Fsp3) is 0.400. The number of carbonyl (C=O) groups excluding carboxylic acids is 1. The van der Waals surface area contributed by atoms with Crippen LogP contribution in [0.1, 0.15) is 31.2 Å². The average molecular weight is 411 g/mol. The van der Waals surface area contributed by atoms with E-state index in [4.69, 9.17) is 0 Å². The van der Waals surface area contributed by atoms with Crippen LogP contribution in [-0.2, 0) is 17.9 Å². The number of hydrogen-bond acceptors (Lipinski definition) is 6. The summed E-state index contributed by atoms with van der Waals surface area (Å²) in [6, 6.07) is 5.18. The Hall–Kier alpha value is -3.56. The SMILES string of the molecule is Cc1ccc(-c2cn(CCCCCNC(=O)CCn3ccc(=O)[nH]c3=O)nn2)nc1. The summed E-state index contributed by atoms with van der Waals surface area (Å²) in [6.45, 7) is 3.55. The van der Waals surface area contributed by atoms with Crippen molar-refractivity contribution < 1.29 is 4.79 Å². The molecule has 0 aromatic carbocycles. The Kier molecular flexibility index (Phi) is 7.25. The lowest BCUT2D eigenvalue weighted by Gasteiger charge is -2.06. The molecule has 0 aliphatic rings. The van der Waals surface area contributed by atoms with Crippen LogP contribution in [0.15, 0.2) is 46.4 Å². The molecule has 3 aromatic rings. The van der Waals surface area contributed by atoms with E-state index < -0.39 is 11.2 Å². The number of carbonyl (C=O) groups is 1. The van der Waals surface area contributed by atoms with Crippen molar-refractivity contribution in [3.63, 3.8) is 0 Å². The maximum absolute atomic E-state index is 11.9. The summed E-state index contributed by atoms with van der Waals surface area (Å²) in [5, 5.41) is 11.1. The number of amides is 1. The van der Waals surface area contributed by atoms with Crippen molar-refractivity contribution in [3.8, 4) is 11.4 Å². The molecule has 0 saturated carbocycles. The molecule has 3 aromatic heterocycles. The van der Waals surface area contributed by atoms with Crippen LogP contribution in [0.5, 0.6) is 0 Å². The molecule has 0 aliphatic carbocycles. The van der Waals surface area contributed by atoms with Gasteiger partial charge in [0.1, 0.15) is 5.69 Å². The first-order chi connectivity index (χ1) is 14.5. The van der Waals surface area contributed by atoms with Gasteiger partial charge in [-0.3, -0.25) is 24.2 Å². The molecular weight excluding hydrogens is 386 g/mol. The normalized spacial score (nSPS) is 10.8. The summed E-state index contributed by atoms with van der Waals surface area (Å²) < 4.78 is 3.11. The minimum Gasteiger partial charge on any atom is -0.356 e. The third-order valence-corrected chi connectivity index (χ3v) is 4.58. The van der Waals surface area contributed by atoms with E-state index in [1.165, 1.54) is 16.8 Å². The lowest BCUT2D eigenvalue weighted by Crippen LogP contribution is -2.31. The van der Waals surface area contributed by atoms with Crippen LogP contribution in [0.4, 0.5) is 0 Å². The lowest BCUT2D eigenvalue weighted by molar-refractivity contribution is -0.121. The molecule has 30 heavy (non-hydrogen) atoms. The lowest BCUT2D eigenvalue weighted by atomic mass is 10.2. The Labute approximate surface area is 173 Å². The molecule has 0 unspecified atom stereocenters. The molecule has 0 spiro atoms. The van der Waals surface area contributed by atoms with Gasteiger partial charge in [-0.1, -0.05) is 11.3 Å². The van der Waals surface area contributed by atoms with Gasteiger partial charge >= 0.3 is 5.69 Å². The zero-order chi connectivity index (χ0) is 21.3. The van der Waals surface area contributed by atoms with E-state index in [2.05, 4.69) is 25.6 Å². The van der Waals surface area contributed by atoms with Crippen molar-refractivity contribution in [3.05, 3.63) is 63.2 Å². The zero-order valence-electron chi connectivity index (χ0n) is 16.9. The Balaban J connectivity index is 1.30. The quantitative estimate of drug-likeness (QED) is 0.477. The van der Waals surface area contributed by atoms with Crippen molar-refractivity contribution in [2.24, 2.45) is 0 Å². The minimum atomic E-state index is -0.510. The first kappa shape index (κ1) is 21.2. The van der Waals surface area contributed by atoms with E-state index in [9.17, 15) is 14.4 Å². The van der Waals surface area contributed by atoms with Crippen LogP contribution in [0, 0.1) is 6.92 Å². The molecular formula is C20H25N7O3. The number of aromatic amines is 1. The summed E-state index contributed by atoms with van der Waals surface area (Å²) in [7, 11) is 0. The zero-order valence-corrected chi connectivity index (χ0v) is 16.9. The van der Waals surface area contributed by atoms with Gasteiger partial charge in [0, 0.05) is 44.5 Å². The molecule has 3 rings (SSSR count). The van der Waals surface area contributed by atoms with Crippen LogP contribution in [0.3, 0.4) is 0 Å². The highest BCUT2D eigenvalue weighted by molar-refractivity contribution is 5.75. The smallest absolute Gasteiger partial charge is 0.328 e. The van der Waals surface area contributed by atoms with Gasteiger partial charge < -0.3 is 9.88 Å². The minimum absolute atomic E-state index is 0.125. The predicted molar refractivity (Wildman–Crippen MR) is 111 cm³/mol. The van der Waals surface area contributed by atoms with Crippen LogP contribution >= 0.6 is 0 Å². The number of nitrogens with one attached hydrogen (secondary N) is 2. The summed E-state index contributed by atoms with van der Waals surface area (Å²) in [5.41, 5.74) is 1.70. The summed E-state index contributed by atoms with van der Waals surface area (Å²) in [4.78, 5) is 41.0. The number of nitrogens with zero attached hydrogens (tertiary/aromatic N) is 5. The Morgan fingerprint density at radius 3 is 2.73 bits per heavy atom. The molecule has 0 saturated heterocycles. The van der Waals surface area contributed by atoms with Crippen molar-refractivity contribution in [1.29, 1.82) is 0 Å². The van der Waals surface area contributed by atoms with Gasteiger partial charge in [0.15, 0.2) is 0 Å². The molecule has 3 heterocycles. The second-order valence-corrected chi connectivity index (χ2v) is 7.05. The third-order valence-electron chi connectivity index (χ3n) is 4.58. The van der Waals surface area contributed by atoms with Gasteiger partial charge in [-0.2, -0.15) is 0 Å². The van der Waals surface area contributed by atoms with Gasteiger partial charge in [0.05, 0.1) is 11.9 Å². The first-order valence-electron chi connectivity index (χ1n) is 9.91. The number of hydrogen-bond donors (Lipinski definition) is 2. The van der Waals surface area contributed by atoms with Crippen molar-refractivity contribution in [2.45, 2.75) is 45.7 Å². The number of aromatic nitrogens is 6. The Morgan fingerprint density at radius 2 is 1.97 bits per heavy atom. The second-order valence-electron chi connectivity index (χ2n) is 7.05. The highest BCUT2D eigenvalue weighted by Gasteiger charge is 2.06. The van der Waals surface area contributed by atoms with Crippen LogP contribution in [0.2, 0.25) is 0 Å². The molecule has 2 N–H and O–H groups in total. The molecule has 0 bridgehead atoms. The molecule has 10 heteroatoms. The number of aryl methyl sites for hydroxylation is 3. The van der Waals surface area contributed by atoms with E-state index in [1.807, 2.05) is 31.5 Å². The molecule has 10 nitrogen and oxygen atoms in total. The molecule has 0 aliphatic heterocycles. The van der Waals surface area contributed by atoms with Crippen LogP contribution in [-0.4, -0.2) is 42.0 Å². The molecule has 0 atom stereocenters. The van der Waals surface area contributed by atoms with Crippen molar-refractivity contribution in [2.75, 3.05) is 6.54 Å². The van der Waals surface area contributed by atoms with E-state index in [1.54, 1.807) is 4.68 Å². The van der Waals surface area contributed by atoms with Gasteiger partial charge in [-0.25, -0.2) is 4.79 Å². The highest BCUT2D eigenvalue weighted by atomic mass is 16.2. The van der Waals surface area contributed by atoms with E-state index in [-0.39, 0.29) is 18.9 Å². The fourth-order valence-electron chi connectivity index (χ4n) is 2.88. The number of pyridine rings is 1. The predicted octanol–water partition coefficient (Wildman–Crippen LogP) is 0.875. The van der Waals surface area contributed by atoms with E-state index in [0.717, 1.165) is 42.8 Å². The molecule has 1 amide bonds. The summed E-state index contributed by atoms with van der Waals surface area (Å²) in [5.74, 6) is -0.125.